The summed E-state index contributed by atoms with van der Waals surface area (Å²) < 4.78 is 7.33. The summed E-state index contributed by atoms with van der Waals surface area (Å²) in [7, 11) is 0. The highest BCUT2D eigenvalue weighted by molar-refractivity contribution is 5.94. The summed E-state index contributed by atoms with van der Waals surface area (Å²) in [5, 5.41) is 6.90. The van der Waals surface area contributed by atoms with Gasteiger partial charge in [-0.2, -0.15) is 5.10 Å². The summed E-state index contributed by atoms with van der Waals surface area (Å²) in [4.78, 5) is 16.2. The largest absolute Gasteiger partial charge is 0.481 e. The first kappa shape index (κ1) is 15.7. The van der Waals surface area contributed by atoms with Gasteiger partial charge in [-0.3, -0.25) is 4.79 Å². The lowest BCUT2D eigenvalue weighted by atomic mass is 10.2. The summed E-state index contributed by atoms with van der Waals surface area (Å²) in [6, 6.07) is 15.0. The molecule has 1 heterocycles. The molecule has 3 rings (SSSR count). The molecule has 1 aromatic heterocycles. The molecule has 122 valence electrons. The predicted octanol–water partition coefficient (Wildman–Crippen LogP) is 2.98. The van der Waals surface area contributed by atoms with Crippen molar-refractivity contribution in [2.75, 3.05) is 5.32 Å². The van der Waals surface area contributed by atoms with Crippen molar-refractivity contribution in [1.82, 2.24) is 14.8 Å². The zero-order chi connectivity index (χ0) is 16.9. The number of nitrogens with zero attached hydrogens (tertiary/aromatic N) is 3. The molecule has 0 saturated carbocycles. The molecule has 6 heteroatoms. The van der Waals surface area contributed by atoms with Gasteiger partial charge < -0.3 is 10.1 Å². The van der Waals surface area contributed by atoms with Crippen molar-refractivity contribution < 1.29 is 9.53 Å². The Hall–Kier alpha value is -3.15. The SMILES string of the molecule is Cc1cccc(OC(C)C(=O)Nc2ccc(-n3cncn3)cc2)c1. The molecule has 1 N–H and O–H groups in total. The van der Waals surface area contributed by atoms with Crippen LogP contribution in [0.1, 0.15) is 12.5 Å². The van der Waals surface area contributed by atoms with Crippen LogP contribution in [0, 0.1) is 6.92 Å². The number of rotatable bonds is 5. The number of ether oxygens (including phenoxy) is 1. The van der Waals surface area contributed by atoms with E-state index in [0.717, 1.165) is 11.3 Å². The molecule has 0 aliphatic rings. The van der Waals surface area contributed by atoms with E-state index in [0.29, 0.717) is 11.4 Å². The van der Waals surface area contributed by atoms with Crippen LogP contribution in [0.3, 0.4) is 0 Å². The van der Waals surface area contributed by atoms with Crippen molar-refractivity contribution in [3.05, 3.63) is 66.7 Å². The molecule has 3 aromatic rings. The smallest absolute Gasteiger partial charge is 0.265 e. The van der Waals surface area contributed by atoms with E-state index in [2.05, 4.69) is 15.4 Å². The molecular weight excluding hydrogens is 304 g/mol. The van der Waals surface area contributed by atoms with E-state index < -0.39 is 6.10 Å². The highest BCUT2D eigenvalue weighted by atomic mass is 16.5. The number of hydrogen-bond acceptors (Lipinski definition) is 4. The van der Waals surface area contributed by atoms with E-state index in [9.17, 15) is 4.79 Å². The van der Waals surface area contributed by atoms with E-state index in [-0.39, 0.29) is 5.91 Å². The van der Waals surface area contributed by atoms with E-state index in [1.165, 1.54) is 6.33 Å². The van der Waals surface area contributed by atoms with E-state index >= 15 is 0 Å². The normalized spacial score (nSPS) is 11.8. The third kappa shape index (κ3) is 3.78. The summed E-state index contributed by atoms with van der Waals surface area (Å²) in [5.41, 5.74) is 2.65. The molecule has 0 spiro atoms. The molecule has 0 aliphatic carbocycles. The monoisotopic (exact) mass is 322 g/mol. The number of aryl methyl sites for hydroxylation is 1. The number of carbonyl (C=O) groups is 1. The van der Waals surface area contributed by atoms with Gasteiger partial charge in [-0.25, -0.2) is 9.67 Å². The number of hydrogen-bond donors (Lipinski definition) is 1. The molecule has 0 bridgehead atoms. The molecule has 1 amide bonds. The first-order valence-electron chi connectivity index (χ1n) is 7.61. The van der Waals surface area contributed by atoms with E-state index in [1.807, 2.05) is 55.5 Å². The lowest BCUT2D eigenvalue weighted by molar-refractivity contribution is -0.122. The number of amides is 1. The molecule has 1 unspecified atom stereocenters. The van der Waals surface area contributed by atoms with Gasteiger partial charge in [0.25, 0.3) is 5.91 Å². The lowest BCUT2D eigenvalue weighted by Crippen LogP contribution is -2.30. The third-order valence-electron chi connectivity index (χ3n) is 3.49. The quantitative estimate of drug-likeness (QED) is 0.784. The van der Waals surface area contributed by atoms with Crippen molar-refractivity contribution in [3.63, 3.8) is 0 Å². The zero-order valence-electron chi connectivity index (χ0n) is 13.5. The Morgan fingerprint density at radius 1 is 1.21 bits per heavy atom. The molecule has 0 radical (unpaired) electrons. The maximum absolute atomic E-state index is 12.3. The highest BCUT2D eigenvalue weighted by Gasteiger charge is 2.15. The average molecular weight is 322 g/mol. The summed E-state index contributed by atoms with van der Waals surface area (Å²) >= 11 is 0. The van der Waals surface area contributed by atoms with E-state index in [4.69, 9.17) is 4.74 Å². The van der Waals surface area contributed by atoms with Crippen LogP contribution < -0.4 is 10.1 Å². The molecule has 0 fully saturated rings. The maximum atomic E-state index is 12.3. The average Bonchev–Trinajstić information content (AvgIpc) is 3.10. The fraction of sp³-hybridized carbons (Fsp3) is 0.167. The molecule has 6 nitrogen and oxygen atoms in total. The van der Waals surface area contributed by atoms with Gasteiger partial charge in [-0.05, 0) is 55.8 Å². The summed E-state index contributed by atoms with van der Waals surface area (Å²) in [5.74, 6) is 0.476. The Labute approximate surface area is 140 Å². The van der Waals surface area contributed by atoms with Crippen LogP contribution in [0.2, 0.25) is 0 Å². The van der Waals surface area contributed by atoms with Crippen LogP contribution in [0.5, 0.6) is 5.75 Å². The van der Waals surface area contributed by atoms with Crippen LogP contribution >= 0.6 is 0 Å². The van der Waals surface area contributed by atoms with Gasteiger partial charge in [0.2, 0.25) is 0 Å². The molecule has 24 heavy (non-hydrogen) atoms. The van der Waals surface area contributed by atoms with Crippen molar-refractivity contribution >= 4 is 11.6 Å². The predicted molar refractivity (Wildman–Crippen MR) is 91.3 cm³/mol. The van der Waals surface area contributed by atoms with Crippen molar-refractivity contribution in [2.24, 2.45) is 0 Å². The standard InChI is InChI=1S/C18H18N4O2/c1-13-4-3-5-17(10-13)24-14(2)18(23)21-15-6-8-16(9-7-15)22-12-19-11-20-22/h3-12,14H,1-2H3,(H,21,23). The number of carbonyl (C=O) groups excluding carboxylic acids is 1. The lowest BCUT2D eigenvalue weighted by Gasteiger charge is -2.15. The van der Waals surface area contributed by atoms with Gasteiger partial charge >= 0.3 is 0 Å². The minimum absolute atomic E-state index is 0.204. The molecule has 0 saturated heterocycles. The van der Waals surface area contributed by atoms with Crippen molar-refractivity contribution in [3.8, 4) is 11.4 Å². The van der Waals surface area contributed by atoms with Gasteiger partial charge in [0, 0.05) is 5.69 Å². The van der Waals surface area contributed by atoms with Crippen LogP contribution in [0.15, 0.2) is 61.2 Å². The number of nitrogens with one attached hydrogen (secondary N) is 1. The number of anilines is 1. The summed E-state index contributed by atoms with van der Waals surface area (Å²) in [6.45, 7) is 3.70. The van der Waals surface area contributed by atoms with E-state index in [1.54, 1.807) is 17.9 Å². The Morgan fingerprint density at radius 3 is 2.67 bits per heavy atom. The van der Waals surface area contributed by atoms with Crippen LogP contribution in [-0.2, 0) is 4.79 Å². The first-order valence-corrected chi connectivity index (χ1v) is 7.61. The zero-order valence-corrected chi connectivity index (χ0v) is 13.5. The second-order valence-corrected chi connectivity index (χ2v) is 5.45. The fourth-order valence-corrected chi connectivity index (χ4v) is 2.23. The minimum Gasteiger partial charge on any atom is -0.481 e. The van der Waals surface area contributed by atoms with Gasteiger partial charge in [0.1, 0.15) is 18.4 Å². The van der Waals surface area contributed by atoms with Crippen LogP contribution in [-0.4, -0.2) is 26.8 Å². The van der Waals surface area contributed by atoms with Crippen LogP contribution in [0.4, 0.5) is 5.69 Å². The Morgan fingerprint density at radius 2 is 2.00 bits per heavy atom. The fourth-order valence-electron chi connectivity index (χ4n) is 2.23. The van der Waals surface area contributed by atoms with Gasteiger partial charge in [0.15, 0.2) is 6.10 Å². The third-order valence-corrected chi connectivity index (χ3v) is 3.49. The summed E-state index contributed by atoms with van der Waals surface area (Å²) in [6.07, 6.45) is 2.49. The minimum atomic E-state index is -0.596. The highest BCUT2D eigenvalue weighted by Crippen LogP contribution is 2.16. The maximum Gasteiger partial charge on any atom is 0.265 e. The molecule has 1 atom stereocenters. The molecule has 2 aromatic carbocycles. The molecular formula is C18H18N4O2. The molecule has 0 aliphatic heterocycles. The number of benzene rings is 2. The Bertz CT molecular complexity index is 813. The van der Waals surface area contributed by atoms with Crippen LogP contribution in [0.25, 0.3) is 5.69 Å². The second kappa shape index (κ2) is 6.95. The Kier molecular flexibility index (Phi) is 4.56. The number of aromatic nitrogens is 3. The topological polar surface area (TPSA) is 69.0 Å². The second-order valence-electron chi connectivity index (χ2n) is 5.45. The van der Waals surface area contributed by atoms with Crippen molar-refractivity contribution in [2.45, 2.75) is 20.0 Å². The van der Waals surface area contributed by atoms with Gasteiger partial charge in [-0.15, -0.1) is 0 Å². The van der Waals surface area contributed by atoms with Crippen molar-refractivity contribution in [1.29, 1.82) is 0 Å². The van der Waals surface area contributed by atoms with Gasteiger partial charge in [0.05, 0.1) is 5.69 Å². The first-order chi connectivity index (χ1) is 11.6. The Balaban J connectivity index is 1.61. The van der Waals surface area contributed by atoms with Gasteiger partial charge in [-0.1, -0.05) is 12.1 Å².